The Morgan fingerprint density at radius 2 is 1.83 bits per heavy atom. The highest BCUT2D eigenvalue weighted by Gasteiger charge is 2.24. The third-order valence-electron chi connectivity index (χ3n) is 3.17. The van der Waals surface area contributed by atoms with Gasteiger partial charge >= 0.3 is 0 Å². The molecular formula is C18H13Cl2N3O. The summed E-state index contributed by atoms with van der Waals surface area (Å²) in [4.78, 5) is 12.8. The van der Waals surface area contributed by atoms with Crippen LogP contribution in [-0.4, -0.2) is 5.78 Å². The van der Waals surface area contributed by atoms with E-state index in [4.69, 9.17) is 22.1 Å². The van der Waals surface area contributed by atoms with Crippen LogP contribution in [-0.2, 0) is 0 Å². The number of aromatic nitrogens is 1. The number of aryl methyl sites for hydroxylation is 1. The summed E-state index contributed by atoms with van der Waals surface area (Å²) in [7, 11) is 0. The topological polar surface area (TPSA) is 68.5 Å². The van der Waals surface area contributed by atoms with Crippen molar-refractivity contribution in [1.82, 2.24) is 0 Å². The van der Waals surface area contributed by atoms with Crippen LogP contribution in [0.25, 0.3) is 5.70 Å². The van der Waals surface area contributed by atoms with Crippen molar-refractivity contribution >= 4 is 23.1 Å². The van der Waals surface area contributed by atoms with Gasteiger partial charge in [0.1, 0.15) is 0 Å². The smallest absolute Gasteiger partial charge is 0.257 e. The highest BCUT2D eigenvalue weighted by molar-refractivity contribution is 6.31. The molecule has 1 aromatic carbocycles. The second-order valence-corrected chi connectivity index (χ2v) is 5.35. The standard InChI is InChI=1S/C18H13ClN3O.ClH/c1-13-3-2-8-22(12-13)17(9-14(10-20)11-21)18(23)15-4-6-16(19)7-5-15;/h2-9,12,14H,1H3;1H/q+1;/p-1/b17-9-;. The van der Waals surface area contributed by atoms with Crippen molar-refractivity contribution in [1.29, 1.82) is 10.5 Å². The lowest BCUT2D eigenvalue weighted by Gasteiger charge is -2.03. The minimum atomic E-state index is -1.01. The molecule has 1 aromatic heterocycles. The third-order valence-corrected chi connectivity index (χ3v) is 3.42. The number of pyridine rings is 1. The number of nitriles is 2. The number of hydrogen-bond donors (Lipinski definition) is 0. The van der Waals surface area contributed by atoms with Crippen LogP contribution >= 0.6 is 11.6 Å². The van der Waals surface area contributed by atoms with Crippen LogP contribution in [0, 0.1) is 35.5 Å². The molecule has 0 saturated heterocycles. The maximum Gasteiger partial charge on any atom is 0.257 e. The number of rotatable bonds is 4. The molecule has 4 nitrogen and oxygen atoms in total. The van der Waals surface area contributed by atoms with Gasteiger partial charge in [-0.3, -0.25) is 4.79 Å². The first-order valence-electron chi connectivity index (χ1n) is 6.85. The van der Waals surface area contributed by atoms with Crippen LogP contribution < -0.4 is 17.0 Å². The fourth-order valence-electron chi connectivity index (χ4n) is 2.03. The lowest BCUT2D eigenvalue weighted by molar-refractivity contribution is -0.577. The Balaban J connectivity index is 0.00000288. The lowest BCUT2D eigenvalue weighted by atomic mass is 10.0. The van der Waals surface area contributed by atoms with E-state index in [1.54, 1.807) is 47.3 Å². The van der Waals surface area contributed by atoms with Gasteiger partial charge in [-0.1, -0.05) is 11.6 Å². The molecule has 2 aromatic rings. The molecule has 0 aliphatic heterocycles. The maximum absolute atomic E-state index is 12.8. The number of allylic oxidation sites excluding steroid dienone is 2. The van der Waals surface area contributed by atoms with Crippen molar-refractivity contribution in [3.8, 4) is 12.1 Å². The molecule has 120 valence electrons. The van der Waals surface area contributed by atoms with Gasteiger partial charge in [0, 0.05) is 28.3 Å². The number of nitrogens with zero attached hydrogens (tertiary/aromatic N) is 3. The molecule has 0 amide bonds. The number of carbonyl (C=O) groups excluding carboxylic acids is 1. The quantitative estimate of drug-likeness (QED) is 0.449. The molecule has 0 spiro atoms. The number of Topliss-reactive ketones (excluding diaryl/α,β-unsaturated/α-hetero) is 1. The largest absolute Gasteiger partial charge is 1.00 e. The Bertz CT molecular complexity index is 832. The first-order valence-corrected chi connectivity index (χ1v) is 7.22. The van der Waals surface area contributed by atoms with E-state index in [0.717, 1.165) is 5.56 Å². The first kappa shape index (κ1) is 19.4. The van der Waals surface area contributed by atoms with Crippen molar-refractivity contribution in [3.05, 3.63) is 71.0 Å². The predicted molar refractivity (Wildman–Crippen MR) is 86.1 cm³/mol. The van der Waals surface area contributed by atoms with Gasteiger partial charge in [0.2, 0.25) is 0 Å². The molecule has 0 bridgehead atoms. The third kappa shape index (κ3) is 4.67. The molecule has 0 N–H and O–H groups in total. The summed E-state index contributed by atoms with van der Waals surface area (Å²) in [5, 5.41) is 18.5. The van der Waals surface area contributed by atoms with Gasteiger partial charge in [-0.15, -0.1) is 0 Å². The van der Waals surface area contributed by atoms with Crippen molar-refractivity contribution in [2.24, 2.45) is 5.92 Å². The number of carbonyl (C=O) groups is 1. The van der Waals surface area contributed by atoms with Crippen LogP contribution in [0.1, 0.15) is 15.9 Å². The molecule has 2 rings (SSSR count). The van der Waals surface area contributed by atoms with E-state index >= 15 is 0 Å². The van der Waals surface area contributed by atoms with Gasteiger partial charge < -0.3 is 12.4 Å². The van der Waals surface area contributed by atoms with Crippen molar-refractivity contribution in [3.63, 3.8) is 0 Å². The average molecular weight is 358 g/mol. The Kier molecular flexibility index (Phi) is 7.14. The minimum Gasteiger partial charge on any atom is -1.00 e. The van der Waals surface area contributed by atoms with Crippen LogP contribution in [0.2, 0.25) is 5.02 Å². The fraction of sp³-hybridized carbons (Fsp3) is 0.111. The molecule has 0 atom stereocenters. The zero-order valence-electron chi connectivity index (χ0n) is 12.8. The van der Waals surface area contributed by atoms with E-state index in [-0.39, 0.29) is 23.9 Å². The van der Waals surface area contributed by atoms with Gasteiger partial charge in [-0.2, -0.15) is 15.1 Å². The zero-order valence-corrected chi connectivity index (χ0v) is 14.3. The SMILES string of the molecule is Cc1ccc[n+](/C(=C\C(C#N)C#N)C(=O)c2ccc(Cl)cc2)c1.[Cl-]. The van der Waals surface area contributed by atoms with Crippen molar-refractivity contribution in [2.75, 3.05) is 0 Å². The molecule has 6 heteroatoms. The summed E-state index contributed by atoms with van der Waals surface area (Å²) in [6.07, 6.45) is 4.85. The van der Waals surface area contributed by atoms with Gasteiger partial charge in [-0.05, 0) is 37.3 Å². The molecule has 0 aliphatic rings. The zero-order chi connectivity index (χ0) is 16.8. The summed E-state index contributed by atoms with van der Waals surface area (Å²) in [6.45, 7) is 1.90. The van der Waals surface area contributed by atoms with E-state index in [0.29, 0.717) is 10.6 Å². The summed E-state index contributed by atoms with van der Waals surface area (Å²) >= 11 is 5.85. The summed E-state index contributed by atoms with van der Waals surface area (Å²) in [6, 6.07) is 13.9. The Morgan fingerprint density at radius 3 is 2.38 bits per heavy atom. The fourth-order valence-corrected chi connectivity index (χ4v) is 2.16. The number of halogens is 2. The molecule has 0 unspecified atom stereocenters. The van der Waals surface area contributed by atoms with Gasteiger partial charge in [0.25, 0.3) is 11.5 Å². The summed E-state index contributed by atoms with van der Waals surface area (Å²) < 4.78 is 1.62. The Morgan fingerprint density at radius 1 is 1.21 bits per heavy atom. The molecule has 24 heavy (non-hydrogen) atoms. The van der Waals surface area contributed by atoms with Crippen LogP contribution in [0.4, 0.5) is 0 Å². The molecule has 1 heterocycles. The van der Waals surface area contributed by atoms with E-state index in [1.807, 2.05) is 25.1 Å². The van der Waals surface area contributed by atoms with Crippen LogP contribution in [0.15, 0.2) is 54.9 Å². The monoisotopic (exact) mass is 357 g/mol. The summed E-state index contributed by atoms with van der Waals surface area (Å²) in [5.74, 6) is -1.29. The maximum atomic E-state index is 12.8. The number of ketones is 1. The second-order valence-electron chi connectivity index (χ2n) is 4.91. The molecule has 0 aliphatic carbocycles. The lowest BCUT2D eigenvalue weighted by Crippen LogP contribution is -3.00. The highest BCUT2D eigenvalue weighted by atomic mass is 35.5. The average Bonchev–Trinajstić information content (AvgIpc) is 2.56. The molecule has 0 radical (unpaired) electrons. The van der Waals surface area contributed by atoms with E-state index in [9.17, 15) is 4.79 Å². The second kappa shape index (κ2) is 8.84. The van der Waals surface area contributed by atoms with Crippen molar-refractivity contribution < 1.29 is 21.8 Å². The van der Waals surface area contributed by atoms with Gasteiger partial charge in [-0.25, -0.2) is 0 Å². The molecule has 0 fully saturated rings. The summed E-state index contributed by atoms with van der Waals surface area (Å²) in [5.41, 5.74) is 1.64. The van der Waals surface area contributed by atoms with Crippen LogP contribution in [0.5, 0.6) is 0 Å². The Labute approximate surface area is 151 Å². The van der Waals surface area contributed by atoms with Gasteiger partial charge in [0.15, 0.2) is 18.3 Å². The van der Waals surface area contributed by atoms with Gasteiger partial charge in [0.05, 0.1) is 12.1 Å². The first-order chi connectivity index (χ1) is 11.0. The van der Waals surface area contributed by atoms with E-state index in [2.05, 4.69) is 0 Å². The van der Waals surface area contributed by atoms with E-state index < -0.39 is 5.92 Å². The molecular weight excluding hydrogens is 345 g/mol. The highest BCUT2D eigenvalue weighted by Crippen LogP contribution is 2.15. The van der Waals surface area contributed by atoms with Crippen LogP contribution in [0.3, 0.4) is 0 Å². The van der Waals surface area contributed by atoms with E-state index in [1.165, 1.54) is 6.08 Å². The normalized spacial score (nSPS) is 10.5. The minimum absolute atomic E-state index is 0. The predicted octanol–water partition coefficient (Wildman–Crippen LogP) is 0.327. The van der Waals surface area contributed by atoms with Crippen molar-refractivity contribution in [2.45, 2.75) is 6.92 Å². The number of benzene rings is 1. The number of hydrogen-bond acceptors (Lipinski definition) is 3. The molecule has 0 saturated carbocycles. The Hall–Kier alpha value is -2.66.